The molecule has 0 aromatic heterocycles. The molecule has 136 valence electrons. The van der Waals surface area contributed by atoms with Crippen molar-refractivity contribution in [2.24, 2.45) is 0 Å². The fourth-order valence-corrected chi connectivity index (χ4v) is 3.04. The lowest BCUT2D eigenvalue weighted by Crippen LogP contribution is -2.55. The average Bonchev–Trinajstić information content (AvgIpc) is 2.54. The Morgan fingerprint density at radius 1 is 1.20 bits per heavy atom. The van der Waals surface area contributed by atoms with Crippen molar-refractivity contribution in [2.75, 3.05) is 13.1 Å². The molecule has 1 aromatic carbocycles. The van der Waals surface area contributed by atoms with Crippen LogP contribution in [0.15, 0.2) is 18.2 Å². The number of imide groups is 1. The minimum atomic E-state index is -0.832. The third-order valence-electron chi connectivity index (χ3n) is 4.08. The van der Waals surface area contributed by atoms with Gasteiger partial charge < -0.3 is 4.90 Å². The first-order chi connectivity index (χ1) is 11.6. The second-order valence-corrected chi connectivity index (χ2v) is 7.50. The molecule has 0 spiro atoms. The molecule has 0 N–H and O–H groups in total. The largest absolute Gasteiger partial charge is 0.327 e. The van der Waals surface area contributed by atoms with Gasteiger partial charge in [-0.3, -0.25) is 19.8 Å². The lowest BCUT2D eigenvalue weighted by atomic mass is 10.0. The van der Waals surface area contributed by atoms with Gasteiger partial charge in [0.1, 0.15) is 5.56 Å². The number of amides is 3. The Morgan fingerprint density at radius 3 is 2.32 bits per heavy atom. The van der Waals surface area contributed by atoms with Gasteiger partial charge in [0.05, 0.1) is 4.92 Å². The van der Waals surface area contributed by atoms with Crippen LogP contribution in [0.25, 0.3) is 0 Å². The fraction of sp³-hybridized carbons (Fsp3) is 0.529. The van der Waals surface area contributed by atoms with Crippen molar-refractivity contribution in [1.82, 2.24) is 9.80 Å². The molecule has 3 amide bonds. The van der Waals surface area contributed by atoms with E-state index < -0.39 is 22.4 Å². The number of hydrogen-bond acceptors (Lipinski definition) is 4. The normalized spacial score (nSPS) is 15.0. The minimum Gasteiger partial charge on any atom is -0.324 e. The lowest BCUT2D eigenvalue weighted by Gasteiger charge is -2.38. The molecule has 0 radical (unpaired) electrons. The number of nitrogens with zero attached hydrogens (tertiary/aromatic N) is 3. The number of urea groups is 1. The zero-order valence-corrected chi connectivity index (χ0v) is 15.4. The zero-order chi connectivity index (χ0) is 18.8. The van der Waals surface area contributed by atoms with Gasteiger partial charge in [0.25, 0.3) is 11.6 Å². The molecule has 1 fully saturated rings. The number of nitro benzene ring substituents is 1. The molecular weight excluding hydrogens is 346 g/mol. The van der Waals surface area contributed by atoms with Crippen molar-refractivity contribution in [3.63, 3.8) is 0 Å². The zero-order valence-electron chi connectivity index (χ0n) is 14.6. The van der Waals surface area contributed by atoms with E-state index in [1.165, 1.54) is 18.2 Å². The number of hydrogen-bond donors (Lipinski definition) is 0. The summed E-state index contributed by atoms with van der Waals surface area (Å²) in [6.45, 7) is 6.34. The molecule has 1 saturated heterocycles. The summed E-state index contributed by atoms with van der Waals surface area (Å²) in [5.41, 5.74) is -1.38. The predicted octanol–water partition coefficient (Wildman–Crippen LogP) is 4.09. The average molecular weight is 368 g/mol. The summed E-state index contributed by atoms with van der Waals surface area (Å²) >= 11 is 5.92. The molecule has 0 saturated carbocycles. The lowest BCUT2D eigenvalue weighted by molar-refractivity contribution is -0.385. The van der Waals surface area contributed by atoms with Crippen molar-refractivity contribution >= 4 is 29.2 Å². The molecule has 1 heterocycles. The van der Waals surface area contributed by atoms with E-state index in [4.69, 9.17) is 11.6 Å². The number of rotatable bonds is 2. The summed E-state index contributed by atoms with van der Waals surface area (Å²) in [4.78, 5) is 39.4. The topological polar surface area (TPSA) is 83.8 Å². The Kier molecular flexibility index (Phi) is 5.67. The van der Waals surface area contributed by atoms with Crippen LogP contribution in [0, 0.1) is 10.1 Å². The molecule has 25 heavy (non-hydrogen) atoms. The molecule has 0 aliphatic carbocycles. The minimum absolute atomic E-state index is 0.183. The third-order valence-corrected chi connectivity index (χ3v) is 4.31. The first-order valence-electron chi connectivity index (χ1n) is 8.20. The molecule has 1 aliphatic heterocycles. The summed E-state index contributed by atoms with van der Waals surface area (Å²) in [5, 5.41) is 11.5. The molecule has 1 aromatic rings. The van der Waals surface area contributed by atoms with Gasteiger partial charge >= 0.3 is 6.03 Å². The SMILES string of the molecule is CC(C)(C)N(C(=O)c1cc(Cl)ccc1[N+](=O)[O-])C(=O)N1CCCCC1. The second-order valence-electron chi connectivity index (χ2n) is 7.06. The maximum atomic E-state index is 13.1. The highest BCUT2D eigenvalue weighted by Gasteiger charge is 2.38. The highest BCUT2D eigenvalue weighted by molar-refractivity contribution is 6.31. The first kappa shape index (κ1) is 19.2. The molecule has 0 unspecified atom stereocenters. The number of halogens is 1. The van der Waals surface area contributed by atoms with Gasteiger partial charge in [-0.25, -0.2) is 4.79 Å². The van der Waals surface area contributed by atoms with E-state index in [1.807, 2.05) is 0 Å². The van der Waals surface area contributed by atoms with E-state index in [2.05, 4.69) is 0 Å². The Balaban J connectivity index is 2.45. The summed E-state index contributed by atoms with van der Waals surface area (Å²) in [5.74, 6) is -0.711. The highest BCUT2D eigenvalue weighted by Crippen LogP contribution is 2.28. The molecule has 0 bridgehead atoms. The van der Waals surface area contributed by atoms with Crippen LogP contribution in [-0.2, 0) is 0 Å². The van der Waals surface area contributed by atoms with Gasteiger partial charge in [-0.2, -0.15) is 0 Å². The van der Waals surface area contributed by atoms with Gasteiger partial charge in [-0.05, 0) is 52.2 Å². The fourth-order valence-electron chi connectivity index (χ4n) is 2.86. The number of carbonyl (C=O) groups excluding carboxylic acids is 2. The number of carbonyl (C=O) groups is 2. The Morgan fingerprint density at radius 2 is 1.80 bits per heavy atom. The van der Waals surface area contributed by atoms with Crippen LogP contribution in [0.4, 0.5) is 10.5 Å². The molecule has 8 heteroatoms. The maximum absolute atomic E-state index is 13.1. The summed E-state index contributed by atoms with van der Waals surface area (Å²) in [6.07, 6.45) is 2.82. The van der Waals surface area contributed by atoms with Gasteiger partial charge in [0.2, 0.25) is 0 Å². The van der Waals surface area contributed by atoms with E-state index in [9.17, 15) is 19.7 Å². The van der Waals surface area contributed by atoms with Crippen molar-refractivity contribution in [2.45, 2.75) is 45.6 Å². The number of piperidine rings is 1. The number of nitro groups is 1. The Bertz CT molecular complexity index is 694. The summed E-state index contributed by atoms with van der Waals surface area (Å²) in [7, 11) is 0. The molecule has 2 rings (SSSR count). The van der Waals surface area contributed by atoms with Gasteiger partial charge in [0.15, 0.2) is 0 Å². The van der Waals surface area contributed by atoms with Gasteiger partial charge in [-0.15, -0.1) is 0 Å². The van der Waals surface area contributed by atoms with Crippen molar-refractivity contribution < 1.29 is 14.5 Å². The van der Waals surface area contributed by atoms with Crippen LogP contribution in [0.3, 0.4) is 0 Å². The summed E-state index contributed by atoms with van der Waals surface area (Å²) < 4.78 is 0. The van der Waals surface area contributed by atoms with Gasteiger partial charge in [0, 0.05) is 29.7 Å². The van der Waals surface area contributed by atoms with Crippen molar-refractivity contribution in [3.05, 3.63) is 38.9 Å². The third kappa shape index (κ3) is 4.28. The van der Waals surface area contributed by atoms with Crippen LogP contribution >= 0.6 is 11.6 Å². The quantitative estimate of drug-likeness (QED) is 0.582. The van der Waals surface area contributed by atoms with E-state index >= 15 is 0 Å². The Hall–Kier alpha value is -2.15. The molecular formula is C17H22ClN3O4. The van der Waals surface area contributed by atoms with Crippen molar-refractivity contribution in [3.8, 4) is 0 Å². The van der Waals surface area contributed by atoms with Crippen LogP contribution in [0.1, 0.15) is 50.4 Å². The highest BCUT2D eigenvalue weighted by atomic mass is 35.5. The molecule has 0 atom stereocenters. The Labute approximate surface area is 151 Å². The monoisotopic (exact) mass is 367 g/mol. The van der Waals surface area contributed by atoms with Crippen LogP contribution in [0.2, 0.25) is 5.02 Å². The van der Waals surface area contributed by atoms with Crippen molar-refractivity contribution in [1.29, 1.82) is 0 Å². The van der Waals surface area contributed by atoms with E-state index in [0.29, 0.717) is 13.1 Å². The predicted molar refractivity (Wildman–Crippen MR) is 94.8 cm³/mol. The maximum Gasteiger partial charge on any atom is 0.327 e. The number of likely N-dealkylation sites (tertiary alicyclic amines) is 1. The first-order valence-corrected chi connectivity index (χ1v) is 8.58. The van der Waals surface area contributed by atoms with Crippen LogP contribution in [0.5, 0.6) is 0 Å². The molecule has 7 nitrogen and oxygen atoms in total. The van der Waals surface area contributed by atoms with E-state index in [-0.39, 0.29) is 16.3 Å². The molecule has 1 aliphatic rings. The summed E-state index contributed by atoms with van der Waals surface area (Å²) in [6, 6.07) is 3.35. The van der Waals surface area contributed by atoms with Crippen LogP contribution in [-0.4, -0.2) is 45.3 Å². The van der Waals surface area contributed by atoms with E-state index in [1.54, 1.807) is 25.7 Å². The van der Waals surface area contributed by atoms with Gasteiger partial charge in [-0.1, -0.05) is 11.6 Å². The standard InChI is InChI=1S/C17H22ClN3O4/c1-17(2,3)20(16(23)19-9-5-4-6-10-19)15(22)13-11-12(18)7-8-14(13)21(24)25/h7-8,11H,4-6,9-10H2,1-3H3. The number of benzene rings is 1. The second kappa shape index (κ2) is 7.39. The van der Waals surface area contributed by atoms with Crippen LogP contribution < -0.4 is 0 Å². The smallest absolute Gasteiger partial charge is 0.324 e. The van der Waals surface area contributed by atoms with E-state index in [0.717, 1.165) is 24.2 Å².